The summed E-state index contributed by atoms with van der Waals surface area (Å²) < 4.78 is 0. The first-order chi connectivity index (χ1) is 1.41. The van der Waals surface area contributed by atoms with Gasteiger partial charge in [-0.1, -0.05) is 0 Å². The van der Waals surface area contributed by atoms with E-state index in [4.69, 9.17) is 16.5 Å². The van der Waals surface area contributed by atoms with Gasteiger partial charge in [0, 0.05) is 0 Å². The fourth-order valence-electron chi connectivity index (χ4n) is 0. The van der Waals surface area contributed by atoms with Gasteiger partial charge in [-0.3, -0.25) is 0 Å². The third-order valence-electron chi connectivity index (χ3n) is 0. The molecule has 0 aromatic carbocycles. The SMILES string of the molecule is [Cl-].[Cl][Hg][Cl].[Na+]. The second-order valence-electron chi connectivity index (χ2n) is 0.101. The number of halogens is 3. The molecule has 0 spiro atoms. The van der Waals surface area contributed by atoms with Crippen molar-refractivity contribution in [2.24, 2.45) is 0 Å². The molecule has 0 aliphatic carbocycles. The quantitative estimate of drug-likeness (QED) is 0.392. The van der Waals surface area contributed by atoms with Crippen molar-refractivity contribution in [1.82, 2.24) is 0 Å². The van der Waals surface area contributed by atoms with E-state index in [1.54, 1.807) is 0 Å². The maximum Gasteiger partial charge on any atom is 1.00 e. The van der Waals surface area contributed by atoms with Crippen molar-refractivity contribution in [1.29, 1.82) is 0 Å². The van der Waals surface area contributed by atoms with Crippen LogP contribution in [0.1, 0.15) is 0 Å². The Labute approximate surface area is 79.0 Å². The molecule has 0 heterocycles. The zero-order valence-electron chi connectivity index (χ0n) is 2.84. The zero-order valence-corrected chi connectivity index (χ0v) is 12.6. The summed E-state index contributed by atoms with van der Waals surface area (Å²) in [5, 5.41) is 0. The second-order valence-corrected chi connectivity index (χ2v) is 7.98. The van der Waals surface area contributed by atoms with Crippen LogP contribution in [0.3, 0.4) is 0 Å². The monoisotopic (exact) mass is 330 g/mol. The van der Waals surface area contributed by atoms with E-state index < -0.39 is 22.1 Å². The summed E-state index contributed by atoms with van der Waals surface area (Å²) >= 11 is -1.14. The summed E-state index contributed by atoms with van der Waals surface area (Å²) in [5.74, 6) is 0. The summed E-state index contributed by atoms with van der Waals surface area (Å²) in [7, 11) is 9.97. The Morgan fingerprint density at radius 3 is 1.20 bits per heavy atom. The van der Waals surface area contributed by atoms with Crippen molar-refractivity contribution in [3.8, 4) is 0 Å². The molecule has 0 saturated heterocycles. The molecule has 0 rings (SSSR count). The Hall–Kier alpha value is 2.81. The van der Waals surface area contributed by atoms with E-state index >= 15 is 0 Å². The van der Waals surface area contributed by atoms with Crippen LogP contribution in [0, 0.1) is 0 Å². The summed E-state index contributed by atoms with van der Waals surface area (Å²) in [5.41, 5.74) is 0. The van der Waals surface area contributed by atoms with Gasteiger partial charge in [0.05, 0.1) is 0 Å². The van der Waals surface area contributed by atoms with Gasteiger partial charge in [-0.2, -0.15) is 0 Å². The fourth-order valence-corrected chi connectivity index (χ4v) is 0. The Kier molecular flexibility index (Phi) is 49.6. The maximum absolute atomic E-state index is 4.99. The molecule has 0 N–H and O–H groups in total. The Morgan fingerprint density at radius 2 is 1.20 bits per heavy atom. The molecule has 0 aromatic rings. The topological polar surface area (TPSA) is 0 Å². The van der Waals surface area contributed by atoms with Gasteiger partial charge in [-0.25, -0.2) is 0 Å². The van der Waals surface area contributed by atoms with Gasteiger partial charge in [0.1, 0.15) is 0 Å². The molecule has 0 bridgehead atoms. The summed E-state index contributed by atoms with van der Waals surface area (Å²) in [4.78, 5) is 0. The Balaban J connectivity index is -0.0000000200. The van der Waals surface area contributed by atoms with Crippen LogP contribution < -0.4 is 42.0 Å². The van der Waals surface area contributed by atoms with Gasteiger partial charge < -0.3 is 12.4 Å². The van der Waals surface area contributed by atoms with Gasteiger partial charge in [0.15, 0.2) is 0 Å². The van der Waals surface area contributed by atoms with Crippen LogP contribution in [-0.4, -0.2) is 0 Å². The van der Waals surface area contributed by atoms with Crippen molar-refractivity contribution in [2.75, 3.05) is 0 Å². The first-order valence-corrected chi connectivity index (χ1v) is 14.1. The molecule has 0 amide bonds. The molecular formula is Cl3HgNa. The summed E-state index contributed by atoms with van der Waals surface area (Å²) in [6.07, 6.45) is 0. The fraction of sp³-hybridized carbons (Fsp3) is 0. The van der Waals surface area contributed by atoms with E-state index in [0.29, 0.717) is 0 Å². The standard InChI is InChI=1S/3ClH.Hg.Na/h3*1H;;/q;;;+2;+1/p-3. The van der Waals surface area contributed by atoms with E-state index in [0.717, 1.165) is 0 Å². The van der Waals surface area contributed by atoms with Crippen molar-refractivity contribution in [3.05, 3.63) is 0 Å². The van der Waals surface area contributed by atoms with Crippen LogP contribution in [0.5, 0.6) is 0 Å². The van der Waals surface area contributed by atoms with Gasteiger partial charge in [0.2, 0.25) is 0 Å². The van der Waals surface area contributed by atoms with E-state index in [2.05, 4.69) is 0 Å². The van der Waals surface area contributed by atoms with Crippen LogP contribution in [0.4, 0.5) is 0 Å². The first-order valence-electron chi connectivity index (χ1n) is 0.535. The second kappa shape index (κ2) is 15.8. The van der Waals surface area contributed by atoms with Crippen LogP contribution in [0.25, 0.3) is 0 Å². The van der Waals surface area contributed by atoms with Crippen molar-refractivity contribution >= 4 is 16.5 Å². The largest absolute Gasteiger partial charge is 1.00 e. The third kappa shape index (κ3) is 20.0. The smallest absolute Gasteiger partial charge is 1.00 e. The van der Waals surface area contributed by atoms with E-state index in [1.165, 1.54) is 0 Å². The molecule has 0 aliphatic rings. The average Bonchev–Trinajstić information content (AvgIpc) is 0.918. The molecule has 0 fully saturated rings. The molecule has 24 valence electrons. The molecular weight excluding hydrogens is 330 g/mol. The van der Waals surface area contributed by atoms with Crippen molar-refractivity contribution < 1.29 is 64.1 Å². The zero-order chi connectivity index (χ0) is 2.71. The summed E-state index contributed by atoms with van der Waals surface area (Å²) in [6, 6.07) is 0. The Morgan fingerprint density at radius 1 is 1.20 bits per heavy atom. The van der Waals surface area contributed by atoms with Crippen LogP contribution in [0.2, 0.25) is 0 Å². The van der Waals surface area contributed by atoms with E-state index in [9.17, 15) is 0 Å². The van der Waals surface area contributed by atoms with Gasteiger partial charge in [0.25, 0.3) is 0 Å². The molecule has 0 aliphatic heterocycles. The minimum Gasteiger partial charge on any atom is 1.00 e. The van der Waals surface area contributed by atoms with Crippen molar-refractivity contribution in [3.63, 3.8) is 0 Å². The minimum absolute atomic E-state index is 0. The predicted molar refractivity (Wildman–Crippen MR) is 11.7 cm³/mol. The third-order valence-corrected chi connectivity index (χ3v) is 0. The molecule has 0 atom stereocenters. The van der Waals surface area contributed by atoms with Crippen molar-refractivity contribution in [2.45, 2.75) is 0 Å². The number of hydrogen-bond donors (Lipinski definition) is 0. The molecule has 0 radical (unpaired) electrons. The molecule has 0 aromatic heterocycles. The number of rotatable bonds is 0. The molecule has 0 nitrogen and oxygen atoms in total. The van der Waals surface area contributed by atoms with Gasteiger partial charge in [-0.15, -0.1) is 0 Å². The average molecular weight is 330 g/mol. The van der Waals surface area contributed by atoms with E-state index in [-0.39, 0.29) is 42.0 Å². The Bertz CT molecular complexity index is 6.85. The van der Waals surface area contributed by atoms with Crippen LogP contribution in [-0.2, 0) is 22.1 Å². The van der Waals surface area contributed by atoms with Crippen LogP contribution in [0.15, 0.2) is 0 Å². The molecule has 5 heteroatoms. The van der Waals surface area contributed by atoms with E-state index in [1.807, 2.05) is 0 Å². The minimum atomic E-state index is -1.14. The van der Waals surface area contributed by atoms with Gasteiger partial charge in [-0.05, 0) is 0 Å². The maximum atomic E-state index is 4.99. The van der Waals surface area contributed by atoms with Gasteiger partial charge >= 0.3 is 68.2 Å². The molecule has 0 unspecified atom stereocenters. The first kappa shape index (κ1) is 15.7. The normalized spacial score (nSPS) is 2.00. The summed E-state index contributed by atoms with van der Waals surface area (Å²) in [6.45, 7) is 0. The molecule has 0 saturated carbocycles. The van der Waals surface area contributed by atoms with Crippen LogP contribution >= 0.6 is 16.5 Å². The predicted octanol–water partition coefficient (Wildman–Crippen LogP) is -4.62. The number of hydrogen-bond acceptors (Lipinski definition) is 0. The molecule has 5 heavy (non-hydrogen) atoms.